The maximum absolute atomic E-state index is 10.5. The molecule has 1 N–H and O–H groups in total. The molecule has 2 nitrogen and oxygen atoms in total. The molecular weight excluding hydrogens is 187 g/mol. The van der Waals surface area contributed by atoms with Gasteiger partial charge >= 0.3 is 0 Å². The number of para-hydroxylation sites is 1. The highest BCUT2D eigenvalue weighted by Crippen LogP contribution is 2.16. The van der Waals surface area contributed by atoms with Crippen molar-refractivity contribution in [2.24, 2.45) is 0 Å². The maximum Gasteiger partial charge on any atom is 0.256 e. The molecule has 0 aliphatic carbocycles. The Hall–Kier alpha value is -0.730. The molecule has 1 rings (SSSR count). The SMILES string of the molecule is Cl.O=C(Cl)c1ccccc1O. The number of hydrogen-bond donors (Lipinski definition) is 1. The smallest absolute Gasteiger partial charge is 0.256 e. The molecule has 0 atom stereocenters. The van der Waals surface area contributed by atoms with Crippen molar-refractivity contribution in [3.63, 3.8) is 0 Å². The minimum absolute atomic E-state index is 0. The molecule has 0 aliphatic rings. The van der Waals surface area contributed by atoms with Gasteiger partial charge in [-0.05, 0) is 23.7 Å². The first-order valence-corrected chi connectivity index (χ1v) is 3.07. The van der Waals surface area contributed by atoms with Gasteiger partial charge in [-0.25, -0.2) is 0 Å². The number of halogens is 2. The lowest BCUT2D eigenvalue weighted by atomic mass is 10.2. The van der Waals surface area contributed by atoms with Crippen molar-refractivity contribution in [1.82, 2.24) is 0 Å². The van der Waals surface area contributed by atoms with Crippen LogP contribution in [0, 0.1) is 0 Å². The van der Waals surface area contributed by atoms with E-state index < -0.39 is 5.24 Å². The van der Waals surface area contributed by atoms with Crippen LogP contribution in [0.3, 0.4) is 0 Å². The van der Waals surface area contributed by atoms with Crippen molar-refractivity contribution in [3.8, 4) is 5.75 Å². The highest BCUT2D eigenvalue weighted by Gasteiger charge is 2.04. The van der Waals surface area contributed by atoms with Crippen LogP contribution in [0.1, 0.15) is 10.4 Å². The number of carbonyl (C=O) groups excluding carboxylic acids is 1. The van der Waals surface area contributed by atoms with Gasteiger partial charge in [0, 0.05) is 0 Å². The molecule has 0 heterocycles. The second kappa shape index (κ2) is 4.21. The molecule has 0 bridgehead atoms. The van der Waals surface area contributed by atoms with E-state index in [1.54, 1.807) is 12.1 Å². The van der Waals surface area contributed by atoms with Gasteiger partial charge in [-0.15, -0.1) is 12.4 Å². The third kappa shape index (κ3) is 2.41. The lowest BCUT2D eigenvalue weighted by Gasteiger charge is -1.94. The Labute approximate surface area is 75.2 Å². The Kier molecular flexibility index (Phi) is 3.93. The molecule has 1 aromatic carbocycles. The zero-order valence-corrected chi connectivity index (χ0v) is 7.02. The molecule has 4 heteroatoms. The number of phenolic OH excluding ortho intramolecular Hbond substituents is 1. The van der Waals surface area contributed by atoms with E-state index in [2.05, 4.69) is 0 Å². The quantitative estimate of drug-likeness (QED) is 0.694. The Morgan fingerprint density at radius 3 is 2.27 bits per heavy atom. The predicted molar refractivity (Wildman–Crippen MR) is 45.5 cm³/mol. The fourth-order valence-electron chi connectivity index (χ4n) is 0.640. The first-order chi connectivity index (χ1) is 4.72. The van der Waals surface area contributed by atoms with Crippen molar-refractivity contribution in [3.05, 3.63) is 29.8 Å². The summed E-state index contributed by atoms with van der Waals surface area (Å²) in [6.07, 6.45) is 0. The fourth-order valence-corrected chi connectivity index (χ4v) is 0.800. The molecule has 1 aromatic rings. The topological polar surface area (TPSA) is 37.3 Å². The number of benzene rings is 1. The van der Waals surface area contributed by atoms with Crippen molar-refractivity contribution >= 4 is 29.3 Å². The zero-order valence-electron chi connectivity index (χ0n) is 5.45. The summed E-state index contributed by atoms with van der Waals surface area (Å²) in [6.45, 7) is 0. The first-order valence-electron chi connectivity index (χ1n) is 2.69. The predicted octanol–water partition coefficient (Wildman–Crippen LogP) is 2.19. The number of phenols is 1. The molecule has 0 fully saturated rings. The average molecular weight is 193 g/mol. The lowest BCUT2D eigenvalue weighted by Crippen LogP contribution is -1.87. The molecule has 11 heavy (non-hydrogen) atoms. The van der Waals surface area contributed by atoms with Gasteiger partial charge < -0.3 is 5.11 Å². The summed E-state index contributed by atoms with van der Waals surface area (Å²) in [7, 11) is 0. The van der Waals surface area contributed by atoms with E-state index in [-0.39, 0.29) is 23.7 Å². The lowest BCUT2D eigenvalue weighted by molar-refractivity contribution is 0.107. The Balaban J connectivity index is 0.000001000. The van der Waals surface area contributed by atoms with Crippen LogP contribution in [0.15, 0.2) is 24.3 Å². The van der Waals surface area contributed by atoms with Crippen molar-refractivity contribution in [1.29, 1.82) is 0 Å². The second-order valence-corrected chi connectivity index (χ2v) is 2.13. The Morgan fingerprint density at radius 1 is 1.36 bits per heavy atom. The fraction of sp³-hybridized carbons (Fsp3) is 0. The highest BCUT2D eigenvalue weighted by molar-refractivity contribution is 6.68. The zero-order chi connectivity index (χ0) is 7.56. The molecule has 0 radical (unpaired) electrons. The number of aromatic hydroxyl groups is 1. The third-order valence-corrected chi connectivity index (χ3v) is 1.32. The summed E-state index contributed by atoms with van der Waals surface area (Å²) < 4.78 is 0. The summed E-state index contributed by atoms with van der Waals surface area (Å²) in [6, 6.07) is 6.13. The molecule has 60 valence electrons. The average Bonchev–Trinajstić information content (AvgIpc) is 1.88. The van der Waals surface area contributed by atoms with Gasteiger partial charge in [0.2, 0.25) is 0 Å². The first kappa shape index (κ1) is 10.3. The molecule has 0 saturated heterocycles. The molecule has 0 aliphatic heterocycles. The Bertz CT molecular complexity index is 260. The minimum atomic E-state index is -0.641. The van der Waals surface area contributed by atoms with E-state index in [9.17, 15) is 4.79 Å². The van der Waals surface area contributed by atoms with Gasteiger partial charge in [0.05, 0.1) is 5.56 Å². The van der Waals surface area contributed by atoms with Gasteiger partial charge in [-0.2, -0.15) is 0 Å². The van der Waals surface area contributed by atoms with E-state index in [1.807, 2.05) is 0 Å². The molecule has 0 spiro atoms. The summed E-state index contributed by atoms with van der Waals surface area (Å²) >= 11 is 5.11. The number of hydrogen-bond acceptors (Lipinski definition) is 2. The molecule has 0 amide bonds. The van der Waals surface area contributed by atoms with Gasteiger partial charge in [0.15, 0.2) is 0 Å². The van der Waals surface area contributed by atoms with E-state index in [0.29, 0.717) is 0 Å². The van der Waals surface area contributed by atoms with Crippen LogP contribution < -0.4 is 0 Å². The van der Waals surface area contributed by atoms with Gasteiger partial charge in [0.1, 0.15) is 5.75 Å². The van der Waals surface area contributed by atoms with Crippen molar-refractivity contribution in [2.75, 3.05) is 0 Å². The molecule has 0 unspecified atom stereocenters. The van der Waals surface area contributed by atoms with Crippen LogP contribution in [-0.2, 0) is 0 Å². The summed E-state index contributed by atoms with van der Waals surface area (Å²) in [5, 5.41) is 8.33. The maximum atomic E-state index is 10.5. The highest BCUT2D eigenvalue weighted by atomic mass is 35.5. The summed E-state index contributed by atoms with van der Waals surface area (Å²) in [4.78, 5) is 10.5. The van der Waals surface area contributed by atoms with Crippen molar-refractivity contribution < 1.29 is 9.90 Å². The molecule has 0 aromatic heterocycles. The Morgan fingerprint density at radius 2 is 1.91 bits per heavy atom. The van der Waals surface area contributed by atoms with E-state index >= 15 is 0 Å². The van der Waals surface area contributed by atoms with Crippen LogP contribution in [-0.4, -0.2) is 10.3 Å². The van der Waals surface area contributed by atoms with Gasteiger partial charge in [0.25, 0.3) is 5.24 Å². The van der Waals surface area contributed by atoms with Crippen LogP contribution in [0.5, 0.6) is 5.75 Å². The summed E-state index contributed by atoms with van der Waals surface area (Å²) in [5.41, 5.74) is 0.143. The van der Waals surface area contributed by atoms with Crippen LogP contribution in [0.25, 0.3) is 0 Å². The van der Waals surface area contributed by atoms with E-state index in [4.69, 9.17) is 16.7 Å². The second-order valence-electron chi connectivity index (χ2n) is 1.79. The number of rotatable bonds is 1. The largest absolute Gasteiger partial charge is 0.507 e. The van der Waals surface area contributed by atoms with E-state index in [0.717, 1.165) is 0 Å². The van der Waals surface area contributed by atoms with Crippen LogP contribution >= 0.6 is 24.0 Å². The normalized spacial score (nSPS) is 8.45. The number of carbonyl (C=O) groups is 1. The van der Waals surface area contributed by atoms with Gasteiger partial charge in [-0.1, -0.05) is 12.1 Å². The van der Waals surface area contributed by atoms with Crippen LogP contribution in [0.4, 0.5) is 0 Å². The minimum Gasteiger partial charge on any atom is -0.507 e. The van der Waals surface area contributed by atoms with Crippen LogP contribution in [0.2, 0.25) is 0 Å². The van der Waals surface area contributed by atoms with Crippen molar-refractivity contribution in [2.45, 2.75) is 0 Å². The third-order valence-electron chi connectivity index (χ3n) is 1.12. The standard InChI is InChI=1S/C7H5ClO2.ClH/c8-7(10)5-3-1-2-4-6(5)9;/h1-4,9H;1H. The monoisotopic (exact) mass is 192 g/mol. The van der Waals surface area contributed by atoms with Gasteiger partial charge in [-0.3, -0.25) is 4.79 Å². The van der Waals surface area contributed by atoms with E-state index in [1.165, 1.54) is 12.1 Å². The summed E-state index contributed by atoms with van der Waals surface area (Å²) in [5.74, 6) is -0.0810. The molecular formula is C7H6Cl2O2. The molecule has 0 saturated carbocycles.